The number of ether oxygens (including phenoxy) is 7. The second-order valence-electron chi connectivity index (χ2n) is 18.4. The van der Waals surface area contributed by atoms with E-state index in [1.807, 2.05) is 0 Å². The molecule has 4 aliphatic heterocycles. The van der Waals surface area contributed by atoms with Crippen LogP contribution in [0.5, 0.6) is 0 Å². The molecule has 4 rings (SSSR count). The standard InChI is InChI=1S/C44H75NO17/c1-11-31-28(20-56-42-38(53)37(52)35(50)24(5)58-42)16-21(2)12-13-29(47)22(3)17-27(14-15-46)39(23(4)30(48)18-32(49)60-31)62-43-36(51)34(45(9)10)40(25(6)59-43)61-33-19-44(8,55)41(54)26(7)57-33/h12-13,16,22-28,30-31,33-43,46,48,50-55H,11,14-15,17-20H2,1-10H3. The molecule has 0 amide bonds. The summed E-state index contributed by atoms with van der Waals surface area (Å²) in [5.74, 6) is -3.56. The van der Waals surface area contributed by atoms with E-state index in [1.165, 1.54) is 19.9 Å². The van der Waals surface area contributed by atoms with Crippen LogP contribution >= 0.6 is 0 Å². The summed E-state index contributed by atoms with van der Waals surface area (Å²) in [5.41, 5.74) is -0.852. The first kappa shape index (κ1) is 52.6. The Morgan fingerprint density at radius 2 is 1.50 bits per heavy atom. The highest BCUT2D eigenvalue weighted by molar-refractivity contribution is 5.91. The number of carbonyl (C=O) groups excluding carboxylic acids is 2. The Morgan fingerprint density at radius 3 is 2.11 bits per heavy atom. The van der Waals surface area contributed by atoms with Gasteiger partial charge >= 0.3 is 5.97 Å². The molecule has 3 fully saturated rings. The molecule has 0 bridgehead atoms. The maximum Gasteiger partial charge on any atom is 0.308 e. The number of aliphatic hydroxyl groups excluding tert-OH is 7. The minimum atomic E-state index is -1.55. The number of ketones is 1. The van der Waals surface area contributed by atoms with Crippen LogP contribution in [-0.4, -0.2) is 189 Å². The molecule has 21 unspecified atom stereocenters. The SMILES string of the molecule is CCC1OC(=O)CC(O)C(C)C(OC2OC(C)C(OC3CC(C)(O)C(O)C(C)O3)C(N(C)C)C2O)C(CCO)CC(C)C(=O)C=CC(C)=CC1COC1OC(C)C(O)C(O)C1O. The van der Waals surface area contributed by atoms with Crippen molar-refractivity contribution in [3.8, 4) is 0 Å². The first-order chi connectivity index (χ1) is 29.0. The van der Waals surface area contributed by atoms with Crippen LogP contribution in [-0.2, 0) is 42.7 Å². The number of hydrogen-bond acceptors (Lipinski definition) is 18. The van der Waals surface area contributed by atoms with Crippen molar-refractivity contribution in [2.75, 3.05) is 27.3 Å². The van der Waals surface area contributed by atoms with E-state index in [0.29, 0.717) is 12.0 Å². The largest absolute Gasteiger partial charge is 0.462 e. The lowest BCUT2D eigenvalue weighted by Gasteiger charge is -2.50. The summed E-state index contributed by atoms with van der Waals surface area (Å²) >= 11 is 0. The maximum atomic E-state index is 13.7. The number of hydrogen-bond donors (Lipinski definition) is 8. The summed E-state index contributed by atoms with van der Waals surface area (Å²) in [6.45, 7) is 13.0. The summed E-state index contributed by atoms with van der Waals surface area (Å²) in [6.07, 6.45) is -11.6. The molecule has 0 aromatic carbocycles. The Balaban J connectivity index is 1.61. The third-order valence-corrected chi connectivity index (χ3v) is 13.0. The van der Waals surface area contributed by atoms with E-state index in [4.69, 9.17) is 33.2 Å². The van der Waals surface area contributed by atoms with Crippen LogP contribution < -0.4 is 0 Å². The molecule has 18 heteroatoms. The van der Waals surface area contributed by atoms with Gasteiger partial charge in [-0.15, -0.1) is 0 Å². The quantitative estimate of drug-likeness (QED) is 0.130. The monoisotopic (exact) mass is 890 g/mol. The Bertz CT molecular complexity index is 1490. The third-order valence-electron chi connectivity index (χ3n) is 13.0. The summed E-state index contributed by atoms with van der Waals surface area (Å²) < 4.78 is 42.7. The summed E-state index contributed by atoms with van der Waals surface area (Å²) in [4.78, 5) is 29.1. The average Bonchev–Trinajstić information content (AvgIpc) is 3.20. The molecule has 21 atom stereocenters. The molecule has 0 spiro atoms. The van der Waals surface area contributed by atoms with E-state index in [9.17, 15) is 50.4 Å². The van der Waals surface area contributed by atoms with E-state index < -0.39 is 140 Å². The van der Waals surface area contributed by atoms with Gasteiger partial charge in [-0.2, -0.15) is 0 Å². The van der Waals surface area contributed by atoms with Crippen molar-refractivity contribution in [2.45, 2.75) is 191 Å². The lowest BCUT2D eigenvalue weighted by molar-refractivity contribution is -0.342. The lowest BCUT2D eigenvalue weighted by atomic mass is 9.79. The molecular formula is C44H75NO17. The second-order valence-corrected chi connectivity index (χ2v) is 18.4. The Morgan fingerprint density at radius 1 is 0.839 bits per heavy atom. The van der Waals surface area contributed by atoms with Crippen molar-refractivity contribution in [3.63, 3.8) is 0 Å². The molecule has 0 radical (unpaired) electrons. The number of likely N-dealkylation sites (N-methyl/N-ethyl adjacent to an activating group) is 1. The number of rotatable bonds is 11. The number of cyclic esters (lactones) is 1. The third kappa shape index (κ3) is 13.1. The van der Waals surface area contributed by atoms with Crippen molar-refractivity contribution in [2.24, 2.45) is 23.7 Å². The molecule has 0 aromatic rings. The zero-order chi connectivity index (χ0) is 46.4. The number of esters is 1. The summed E-state index contributed by atoms with van der Waals surface area (Å²) in [5, 5.41) is 86.3. The fraction of sp³-hybridized carbons (Fsp3) is 0.864. The molecule has 18 nitrogen and oxygen atoms in total. The summed E-state index contributed by atoms with van der Waals surface area (Å²) in [7, 11) is 3.51. The molecular weight excluding hydrogens is 814 g/mol. The predicted molar refractivity (Wildman–Crippen MR) is 222 cm³/mol. The van der Waals surface area contributed by atoms with Gasteiger partial charge in [0, 0.05) is 30.8 Å². The van der Waals surface area contributed by atoms with Crippen molar-refractivity contribution in [3.05, 3.63) is 23.8 Å². The Kier molecular flexibility index (Phi) is 19.5. The van der Waals surface area contributed by atoms with Gasteiger partial charge in [-0.3, -0.25) is 9.59 Å². The Labute approximate surface area is 365 Å². The minimum absolute atomic E-state index is 0.0360. The van der Waals surface area contributed by atoms with Crippen LogP contribution in [0.4, 0.5) is 0 Å². The molecule has 3 saturated heterocycles. The van der Waals surface area contributed by atoms with E-state index >= 15 is 0 Å². The van der Waals surface area contributed by atoms with E-state index in [2.05, 4.69) is 0 Å². The molecule has 0 saturated carbocycles. The van der Waals surface area contributed by atoms with Crippen molar-refractivity contribution in [1.29, 1.82) is 0 Å². The van der Waals surface area contributed by atoms with Crippen molar-refractivity contribution >= 4 is 11.8 Å². The highest BCUT2D eigenvalue weighted by Crippen LogP contribution is 2.37. The van der Waals surface area contributed by atoms with Gasteiger partial charge < -0.3 is 78.9 Å². The van der Waals surface area contributed by atoms with Gasteiger partial charge in [0.2, 0.25) is 0 Å². The smallest absolute Gasteiger partial charge is 0.308 e. The Hall–Kier alpha value is -1.98. The molecule has 358 valence electrons. The number of allylic oxidation sites excluding steroid dienone is 3. The summed E-state index contributed by atoms with van der Waals surface area (Å²) in [6, 6.07) is -0.741. The number of aliphatic hydroxyl groups is 8. The first-order valence-electron chi connectivity index (χ1n) is 22.1. The predicted octanol–water partition coefficient (Wildman–Crippen LogP) is 0.319. The van der Waals surface area contributed by atoms with Crippen molar-refractivity contribution < 1.29 is 83.6 Å². The number of carbonyl (C=O) groups is 2. The van der Waals surface area contributed by atoms with Gasteiger partial charge in [-0.25, -0.2) is 0 Å². The van der Waals surface area contributed by atoms with Crippen LogP contribution in [0.2, 0.25) is 0 Å². The van der Waals surface area contributed by atoms with Gasteiger partial charge in [0.1, 0.15) is 42.7 Å². The molecule has 4 aliphatic rings. The van der Waals surface area contributed by atoms with Gasteiger partial charge in [0.05, 0.1) is 55.2 Å². The molecule has 4 heterocycles. The maximum absolute atomic E-state index is 13.7. The minimum Gasteiger partial charge on any atom is -0.462 e. The van der Waals surface area contributed by atoms with Crippen LogP contribution in [0.3, 0.4) is 0 Å². The van der Waals surface area contributed by atoms with E-state index in [0.717, 1.165) is 0 Å². The molecule has 0 aliphatic carbocycles. The van der Waals surface area contributed by atoms with E-state index in [1.54, 1.807) is 72.7 Å². The molecule has 62 heavy (non-hydrogen) atoms. The highest BCUT2D eigenvalue weighted by atomic mass is 16.7. The first-order valence-corrected chi connectivity index (χ1v) is 22.1. The molecule has 0 aromatic heterocycles. The van der Waals surface area contributed by atoms with Crippen LogP contribution in [0.1, 0.15) is 87.5 Å². The topological polar surface area (TPSA) is 264 Å². The zero-order valence-electron chi connectivity index (χ0n) is 37.9. The van der Waals surface area contributed by atoms with Gasteiger partial charge in [-0.1, -0.05) is 38.5 Å². The number of nitrogens with zero attached hydrogens (tertiary/aromatic N) is 1. The van der Waals surface area contributed by atoms with E-state index in [-0.39, 0.29) is 38.3 Å². The van der Waals surface area contributed by atoms with Gasteiger partial charge in [0.25, 0.3) is 0 Å². The fourth-order valence-electron chi connectivity index (χ4n) is 9.12. The zero-order valence-corrected chi connectivity index (χ0v) is 37.9. The van der Waals surface area contributed by atoms with Gasteiger partial charge in [-0.05, 0) is 80.0 Å². The van der Waals surface area contributed by atoms with Crippen LogP contribution in [0, 0.1) is 23.7 Å². The fourth-order valence-corrected chi connectivity index (χ4v) is 9.12. The average molecular weight is 890 g/mol. The van der Waals surface area contributed by atoms with Gasteiger partial charge in [0.15, 0.2) is 24.7 Å². The molecule has 8 N–H and O–H groups in total. The lowest BCUT2D eigenvalue weighted by Crippen LogP contribution is -2.65. The highest BCUT2D eigenvalue weighted by Gasteiger charge is 2.51. The van der Waals surface area contributed by atoms with Crippen LogP contribution in [0.25, 0.3) is 0 Å². The van der Waals surface area contributed by atoms with Crippen LogP contribution in [0.15, 0.2) is 23.8 Å². The second kappa shape index (κ2) is 23.0. The normalized spacial score (nSPS) is 45.8. The van der Waals surface area contributed by atoms with Crippen molar-refractivity contribution in [1.82, 2.24) is 4.90 Å².